The summed E-state index contributed by atoms with van der Waals surface area (Å²) in [6, 6.07) is 10.5. The third kappa shape index (κ3) is 2.39. The zero-order valence-corrected chi connectivity index (χ0v) is 11.8. The van der Waals surface area contributed by atoms with Crippen LogP contribution in [0.1, 0.15) is 24.3 Å². The van der Waals surface area contributed by atoms with Gasteiger partial charge in [0.15, 0.2) is 0 Å². The number of benzene rings is 1. The Balaban J connectivity index is 1.96. The van der Waals surface area contributed by atoms with Gasteiger partial charge < -0.3 is 10.2 Å². The highest BCUT2D eigenvalue weighted by Crippen LogP contribution is 2.19. The van der Waals surface area contributed by atoms with Gasteiger partial charge in [-0.25, -0.2) is 0 Å². The lowest BCUT2D eigenvalue weighted by atomic mass is 10.1. The molecule has 0 aliphatic carbocycles. The number of hydrogen-bond acceptors (Lipinski definition) is 3. The zero-order chi connectivity index (χ0) is 14.1. The number of carbonyl (C=O) groups excluding carboxylic acids is 1. The van der Waals surface area contributed by atoms with E-state index in [4.69, 9.17) is 0 Å². The summed E-state index contributed by atoms with van der Waals surface area (Å²) >= 11 is 0. The molecule has 1 fully saturated rings. The highest BCUT2D eigenvalue weighted by Gasteiger charge is 2.27. The average molecular weight is 269 g/mol. The Morgan fingerprint density at radius 1 is 1.20 bits per heavy atom. The second kappa shape index (κ2) is 5.21. The molecule has 1 N–H and O–H groups in total. The number of nitrogens with one attached hydrogen (secondary N) is 1. The zero-order valence-electron chi connectivity index (χ0n) is 11.8. The third-order valence-electron chi connectivity index (χ3n) is 3.72. The van der Waals surface area contributed by atoms with Gasteiger partial charge in [-0.05, 0) is 25.3 Å². The lowest BCUT2D eigenvalue weighted by molar-refractivity contribution is 0.0670. The van der Waals surface area contributed by atoms with Crippen molar-refractivity contribution in [3.8, 4) is 0 Å². The topological polar surface area (TPSA) is 45.2 Å². The van der Waals surface area contributed by atoms with Gasteiger partial charge in [-0.2, -0.15) is 0 Å². The number of fused-ring (bicyclic) bond motifs is 1. The molecule has 2 aromatic rings. The molecule has 1 aliphatic rings. The second-order valence-corrected chi connectivity index (χ2v) is 5.56. The Kier molecular flexibility index (Phi) is 3.40. The van der Waals surface area contributed by atoms with Crippen molar-refractivity contribution in [1.29, 1.82) is 0 Å². The van der Waals surface area contributed by atoms with E-state index in [1.54, 1.807) is 6.20 Å². The lowest BCUT2D eigenvalue weighted by Gasteiger charge is -2.36. The van der Waals surface area contributed by atoms with Gasteiger partial charge in [0.1, 0.15) is 5.69 Å². The molecule has 104 valence electrons. The van der Waals surface area contributed by atoms with Crippen LogP contribution in [0.5, 0.6) is 0 Å². The quantitative estimate of drug-likeness (QED) is 0.862. The van der Waals surface area contributed by atoms with E-state index < -0.39 is 0 Å². The number of amides is 1. The first-order valence-electron chi connectivity index (χ1n) is 7.04. The number of aromatic nitrogens is 1. The minimum atomic E-state index is 0.0296. The maximum Gasteiger partial charge on any atom is 0.273 e. The molecule has 2 heterocycles. The molecular formula is C16H19N3O. The highest BCUT2D eigenvalue weighted by atomic mass is 16.2. The molecule has 1 saturated heterocycles. The summed E-state index contributed by atoms with van der Waals surface area (Å²) in [7, 11) is 0. The fraction of sp³-hybridized carbons (Fsp3) is 0.375. The number of rotatable bonds is 1. The molecule has 0 radical (unpaired) electrons. The predicted octanol–water partition coefficient (Wildman–Crippen LogP) is 2.06. The summed E-state index contributed by atoms with van der Waals surface area (Å²) < 4.78 is 0. The van der Waals surface area contributed by atoms with Crippen LogP contribution in [0, 0.1) is 0 Å². The summed E-state index contributed by atoms with van der Waals surface area (Å²) in [5.74, 6) is 0.0296. The molecule has 1 aromatic carbocycles. The number of hydrogen-bond donors (Lipinski definition) is 1. The van der Waals surface area contributed by atoms with Gasteiger partial charge in [0.05, 0.1) is 0 Å². The molecule has 0 saturated carbocycles. The molecule has 3 rings (SSSR count). The lowest BCUT2D eigenvalue weighted by Crippen LogP contribution is -2.55. The predicted molar refractivity (Wildman–Crippen MR) is 79.7 cm³/mol. The van der Waals surface area contributed by atoms with Crippen LogP contribution in [-0.2, 0) is 0 Å². The van der Waals surface area contributed by atoms with E-state index in [0.717, 1.165) is 23.9 Å². The number of nitrogens with zero attached hydrogens (tertiary/aromatic N) is 2. The average Bonchev–Trinajstić information content (AvgIpc) is 2.45. The van der Waals surface area contributed by atoms with E-state index >= 15 is 0 Å². The third-order valence-corrected chi connectivity index (χ3v) is 3.72. The molecule has 1 aromatic heterocycles. The Morgan fingerprint density at radius 2 is 1.90 bits per heavy atom. The minimum Gasteiger partial charge on any atom is -0.334 e. The minimum absolute atomic E-state index is 0.0296. The first-order valence-corrected chi connectivity index (χ1v) is 7.04. The van der Waals surface area contributed by atoms with Crippen molar-refractivity contribution in [2.75, 3.05) is 13.1 Å². The van der Waals surface area contributed by atoms with Crippen LogP contribution in [0.25, 0.3) is 10.8 Å². The normalized spacial score (nSPS) is 23.0. The van der Waals surface area contributed by atoms with Crippen LogP contribution in [0.2, 0.25) is 0 Å². The van der Waals surface area contributed by atoms with E-state index in [1.165, 1.54) is 0 Å². The van der Waals surface area contributed by atoms with Crippen molar-refractivity contribution in [3.05, 3.63) is 42.2 Å². The standard InChI is InChI=1S/C16H19N3O/c1-11-9-19(10-12(2)18-11)16(20)15-14-6-4-3-5-13(14)7-8-17-15/h3-8,11-12,18H,9-10H2,1-2H3/t11-,12-/m1/s1. The van der Waals surface area contributed by atoms with Crippen molar-refractivity contribution in [2.24, 2.45) is 0 Å². The maximum atomic E-state index is 12.7. The van der Waals surface area contributed by atoms with E-state index in [2.05, 4.69) is 24.1 Å². The Bertz CT molecular complexity index is 625. The van der Waals surface area contributed by atoms with Crippen LogP contribution < -0.4 is 5.32 Å². The molecule has 2 atom stereocenters. The summed E-state index contributed by atoms with van der Waals surface area (Å²) in [6.45, 7) is 5.67. The van der Waals surface area contributed by atoms with Gasteiger partial charge in [-0.1, -0.05) is 24.3 Å². The monoisotopic (exact) mass is 269 g/mol. The fourth-order valence-electron chi connectivity index (χ4n) is 2.93. The summed E-state index contributed by atoms with van der Waals surface area (Å²) in [5.41, 5.74) is 0.560. The molecule has 0 unspecified atom stereocenters. The van der Waals surface area contributed by atoms with Crippen molar-refractivity contribution in [3.63, 3.8) is 0 Å². The number of carbonyl (C=O) groups is 1. The van der Waals surface area contributed by atoms with E-state index in [1.807, 2.05) is 35.2 Å². The molecule has 4 nitrogen and oxygen atoms in total. The van der Waals surface area contributed by atoms with E-state index in [9.17, 15) is 4.79 Å². The van der Waals surface area contributed by atoms with Gasteiger partial charge in [0, 0.05) is 36.8 Å². The smallest absolute Gasteiger partial charge is 0.273 e. The summed E-state index contributed by atoms with van der Waals surface area (Å²) in [6.07, 6.45) is 1.71. The summed E-state index contributed by atoms with van der Waals surface area (Å²) in [5, 5.41) is 5.43. The number of piperazine rings is 1. The van der Waals surface area contributed by atoms with Crippen molar-refractivity contribution in [2.45, 2.75) is 25.9 Å². The van der Waals surface area contributed by atoms with Crippen LogP contribution in [0.3, 0.4) is 0 Å². The van der Waals surface area contributed by atoms with Gasteiger partial charge in [-0.3, -0.25) is 9.78 Å². The van der Waals surface area contributed by atoms with Crippen molar-refractivity contribution >= 4 is 16.7 Å². The number of pyridine rings is 1. The Labute approximate surface area is 118 Å². The SMILES string of the molecule is C[C@@H]1CN(C(=O)c2nccc3ccccc23)C[C@@H](C)N1. The molecule has 20 heavy (non-hydrogen) atoms. The van der Waals surface area contributed by atoms with Crippen molar-refractivity contribution < 1.29 is 4.79 Å². The van der Waals surface area contributed by atoms with E-state index in [0.29, 0.717) is 17.8 Å². The van der Waals surface area contributed by atoms with E-state index in [-0.39, 0.29) is 5.91 Å². The molecule has 0 spiro atoms. The highest BCUT2D eigenvalue weighted by molar-refractivity contribution is 6.05. The van der Waals surface area contributed by atoms with Crippen LogP contribution in [-0.4, -0.2) is 41.0 Å². The summed E-state index contributed by atoms with van der Waals surface area (Å²) in [4.78, 5) is 19.0. The van der Waals surface area contributed by atoms with Crippen molar-refractivity contribution in [1.82, 2.24) is 15.2 Å². The maximum absolute atomic E-state index is 12.7. The molecule has 4 heteroatoms. The Morgan fingerprint density at radius 3 is 2.65 bits per heavy atom. The van der Waals surface area contributed by atoms with Gasteiger partial charge >= 0.3 is 0 Å². The second-order valence-electron chi connectivity index (χ2n) is 5.56. The van der Waals surface area contributed by atoms with Gasteiger partial charge in [0.2, 0.25) is 0 Å². The molecule has 1 amide bonds. The van der Waals surface area contributed by atoms with Gasteiger partial charge in [0.25, 0.3) is 5.91 Å². The van der Waals surface area contributed by atoms with Crippen LogP contribution >= 0.6 is 0 Å². The molecule has 1 aliphatic heterocycles. The molecular weight excluding hydrogens is 250 g/mol. The first kappa shape index (κ1) is 13.1. The van der Waals surface area contributed by atoms with Gasteiger partial charge in [-0.15, -0.1) is 0 Å². The first-order chi connectivity index (χ1) is 9.65. The Hall–Kier alpha value is -1.94. The largest absolute Gasteiger partial charge is 0.334 e. The van der Waals surface area contributed by atoms with Crippen LogP contribution in [0.15, 0.2) is 36.5 Å². The molecule has 0 bridgehead atoms. The van der Waals surface area contributed by atoms with Crippen LogP contribution in [0.4, 0.5) is 0 Å². The fourth-order valence-corrected chi connectivity index (χ4v) is 2.93.